The van der Waals surface area contributed by atoms with Crippen LogP contribution >= 0.6 is 0 Å². The maximum atomic E-state index is 12.0. The molecular weight excluding hydrogens is 214 g/mol. The van der Waals surface area contributed by atoms with Gasteiger partial charge in [-0.05, 0) is 26.8 Å². The second-order valence-corrected chi connectivity index (χ2v) is 5.04. The molecule has 0 aromatic heterocycles. The smallest absolute Gasteiger partial charge is 0.240 e. The van der Waals surface area contributed by atoms with E-state index in [1.165, 1.54) is 0 Å². The molecule has 1 heterocycles. The van der Waals surface area contributed by atoms with Crippen LogP contribution in [0.1, 0.15) is 40.0 Å². The molecule has 1 amide bonds. The van der Waals surface area contributed by atoms with Crippen LogP contribution in [-0.2, 0) is 4.79 Å². The molecule has 1 aliphatic rings. The quantitative estimate of drug-likeness (QED) is 0.729. The van der Waals surface area contributed by atoms with E-state index in [1.807, 2.05) is 4.90 Å². The van der Waals surface area contributed by atoms with E-state index in [0.29, 0.717) is 6.04 Å². The van der Waals surface area contributed by atoms with Crippen molar-refractivity contribution >= 4 is 5.91 Å². The van der Waals surface area contributed by atoms with E-state index in [0.717, 1.165) is 39.0 Å². The molecule has 1 rings (SSSR count). The van der Waals surface area contributed by atoms with Crippen LogP contribution in [0.5, 0.6) is 0 Å². The van der Waals surface area contributed by atoms with E-state index in [-0.39, 0.29) is 11.9 Å². The van der Waals surface area contributed by atoms with E-state index in [2.05, 4.69) is 38.0 Å². The average Bonchev–Trinajstić information content (AvgIpc) is 2.67. The van der Waals surface area contributed by atoms with Crippen molar-refractivity contribution < 1.29 is 4.79 Å². The fourth-order valence-electron chi connectivity index (χ4n) is 2.12. The molecule has 2 atom stereocenters. The highest BCUT2D eigenvalue weighted by atomic mass is 16.2. The molecule has 0 spiro atoms. The van der Waals surface area contributed by atoms with Gasteiger partial charge in [-0.2, -0.15) is 0 Å². The normalized spacial score (nSPS) is 22.5. The van der Waals surface area contributed by atoms with Crippen molar-refractivity contribution in [1.29, 1.82) is 0 Å². The van der Waals surface area contributed by atoms with Gasteiger partial charge in [-0.1, -0.05) is 20.3 Å². The van der Waals surface area contributed by atoms with Gasteiger partial charge in [0, 0.05) is 19.1 Å². The van der Waals surface area contributed by atoms with E-state index in [9.17, 15) is 4.79 Å². The number of hydrogen-bond donors (Lipinski definition) is 1. The Kier molecular flexibility index (Phi) is 5.92. The molecule has 0 radical (unpaired) electrons. The van der Waals surface area contributed by atoms with Crippen molar-refractivity contribution in [2.24, 2.45) is 0 Å². The zero-order valence-electron chi connectivity index (χ0n) is 11.7. The van der Waals surface area contributed by atoms with Crippen molar-refractivity contribution in [3.63, 3.8) is 0 Å². The van der Waals surface area contributed by atoms with Crippen molar-refractivity contribution in [2.75, 3.05) is 26.8 Å². The first-order chi connectivity index (χ1) is 8.10. The molecule has 1 saturated heterocycles. The van der Waals surface area contributed by atoms with Crippen molar-refractivity contribution in [3.05, 3.63) is 0 Å². The molecule has 100 valence electrons. The van der Waals surface area contributed by atoms with Gasteiger partial charge in [0.05, 0.1) is 12.7 Å². The van der Waals surface area contributed by atoms with Crippen LogP contribution in [-0.4, -0.2) is 54.6 Å². The standard InChI is InChI=1S/C13H27N3O/c1-5-7-12-13(17)16(10-14-12)9-8-15(4)11(3)6-2/h11-12,14H,5-10H2,1-4H3. The number of nitrogens with one attached hydrogen (secondary N) is 1. The molecule has 0 aliphatic carbocycles. The van der Waals surface area contributed by atoms with Crippen molar-refractivity contribution in [2.45, 2.75) is 52.1 Å². The molecule has 0 bridgehead atoms. The lowest BCUT2D eigenvalue weighted by Gasteiger charge is -2.26. The maximum Gasteiger partial charge on any atom is 0.240 e. The number of hydrogen-bond acceptors (Lipinski definition) is 3. The SMILES string of the molecule is CCCC1NCN(CCN(C)C(C)CC)C1=O. The second kappa shape index (κ2) is 6.97. The summed E-state index contributed by atoms with van der Waals surface area (Å²) in [5.74, 6) is 0.282. The topological polar surface area (TPSA) is 35.6 Å². The number of amides is 1. The minimum Gasteiger partial charge on any atom is -0.327 e. The Labute approximate surface area is 105 Å². The fraction of sp³-hybridized carbons (Fsp3) is 0.923. The summed E-state index contributed by atoms with van der Waals surface area (Å²) in [6.45, 7) is 9.06. The lowest BCUT2D eigenvalue weighted by molar-refractivity contribution is -0.129. The molecule has 2 unspecified atom stereocenters. The predicted octanol–water partition coefficient (Wildman–Crippen LogP) is 1.27. The number of likely N-dealkylation sites (N-methyl/N-ethyl adjacent to an activating group) is 1. The second-order valence-electron chi connectivity index (χ2n) is 5.04. The first-order valence-electron chi connectivity index (χ1n) is 6.82. The van der Waals surface area contributed by atoms with Gasteiger partial charge in [0.2, 0.25) is 5.91 Å². The van der Waals surface area contributed by atoms with Crippen LogP contribution in [0.15, 0.2) is 0 Å². The van der Waals surface area contributed by atoms with Crippen LogP contribution in [0, 0.1) is 0 Å². The molecule has 0 aromatic rings. The highest BCUT2D eigenvalue weighted by Crippen LogP contribution is 2.09. The van der Waals surface area contributed by atoms with Gasteiger partial charge in [-0.25, -0.2) is 0 Å². The molecule has 17 heavy (non-hydrogen) atoms. The minimum atomic E-state index is 0.0638. The van der Waals surface area contributed by atoms with Gasteiger partial charge in [-0.3, -0.25) is 10.1 Å². The molecule has 1 aliphatic heterocycles. The first-order valence-corrected chi connectivity index (χ1v) is 6.82. The van der Waals surface area contributed by atoms with Gasteiger partial charge in [0.1, 0.15) is 0 Å². The highest BCUT2D eigenvalue weighted by Gasteiger charge is 2.29. The van der Waals surface area contributed by atoms with Crippen LogP contribution in [0.4, 0.5) is 0 Å². The van der Waals surface area contributed by atoms with Gasteiger partial charge < -0.3 is 9.80 Å². The van der Waals surface area contributed by atoms with Crippen LogP contribution in [0.25, 0.3) is 0 Å². The van der Waals surface area contributed by atoms with Crippen molar-refractivity contribution in [3.8, 4) is 0 Å². The minimum absolute atomic E-state index is 0.0638. The van der Waals surface area contributed by atoms with E-state index in [4.69, 9.17) is 0 Å². The number of carbonyl (C=O) groups is 1. The summed E-state index contributed by atoms with van der Waals surface area (Å²) in [5.41, 5.74) is 0. The summed E-state index contributed by atoms with van der Waals surface area (Å²) in [5, 5.41) is 3.28. The Morgan fingerprint density at radius 1 is 1.53 bits per heavy atom. The molecular formula is C13H27N3O. The van der Waals surface area contributed by atoms with Crippen LogP contribution in [0.2, 0.25) is 0 Å². The third-order valence-electron chi connectivity index (χ3n) is 3.78. The number of nitrogens with zero attached hydrogens (tertiary/aromatic N) is 2. The summed E-state index contributed by atoms with van der Waals surface area (Å²) >= 11 is 0. The third kappa shape index (κ3) is 3.96. The Hall–Kier alpha value is -0.610. The molecule has 0 saturated carbocycles. The maximum absolute atomic E-state index is 12.0. The summed E-state index contributed by atoms with van der Waals surface area (Å²) < 4.78 is 0. The van der Waals surface area contributed by atoms with E-state index in [1.54, 1.807) is 0 Å². The highest BCUT2D eigenvalue weighted by molar-refractivity contribution is 5.83. The first kappa shape index (κ1) is 14.5. The zero-order chi connectivity index (χ0) is 12.8. The van der Waals surface area contributed by atoms with Gasteiger partial charge in [-0.15, -0.1) is 0 Å². The largest absolute Gasteiger partial charge is 0.327 e. The van der Waals surface area contributed by atoms with E-state index < -0.39 is 0 Å². The van der Waals surface area contributed by atoms with Gasteiger partial charge in [0.25, 0.3) is 0 Å². The fourth-order valence-corrected chi connectivity index (χ4v) is 2.12. The van der Waals surface area contributed by atoms with Crippen LogP contribution < -0.4 is 5.32 Å². The van der Waals surface area contributed by atoms with E-state index >= 15 is 0 Å². The molecule has 0 aromatic carbocycles. The Balaban J connectivity index is 2.31. The summed E-state index contributed by atoms with van der Waals surface area (Å²) in [7, 11) is 2.13. The molecule has 1 N–H and O–H groups in total. The Morgan fingerprint density at radius 3 is 2.82 bits per heavy atom. The van der Waals surface area contributed by atoms with Gasteiger partial charge >= 0.3 is 0 Å². The summed E-state index contributed by atoms with van der Waals surface area (Å²) in [6.07, 6.45) is 3.17. The molecule has 4 nitrogen and oxygen atoms in total. The van der Waals surface area contributed by atoms with Gasteiger partial charge in [0.15, 0.2) is 0 Å². The zero-order valence-corrected chi connectivity index (χ0v) is 11.7. The third-order valence-corrected chi connectivity index (χ3v) is 3.78. The lowest BCUT2D eigenvalue weighted by Crippen LogP contribution is -2.39. The average molecular weight is 241 g/mol. The monoisotopic (exact) mass is 241 g/mol. The number of rotatable bonds is 7. The Bertz CT molecular complexity index is 245. The van der Waals surface area contributed by atoms with Crippen LogP contribution in [0.3, 0.4) is 0 Å². The lowest BCUT2D eigenvalue weighted by atomic mass is 10.2. The molecule has 1 fully saturated rings. The summed E-state index contributed by atoms with van der Waals surface area (Å²) in [4.78, 5) is 16.3. The predicted molar refractivity (Wildman–Crippen MR) is 70.8 cm³/mol. The molecule has 4 heteroatoms. The summed E-state index contributed by atoms with van der Waals surface area (Å²) in [6, 6.07) is 0.654. The number of carbonyl (C=O) groups excluding carboxylic acids is 1. The van der Waals surface area contributed by atoms with Crippen molar-refractivity contribution in [1.82, 2.24) is 15.1 Å². The Morgan fingerprint density at radius 2 is 2.24 bits per heavy atom.